The first-order chi connectivity index (χ1) is 8.41. The first-order valence-corrected chi connectivity index (χ1v) is 6.78. The van der Waals surface area contributed by atoms with Gasteiger partial charge in [-0.15, -0.1) is 0 Å². The topological polar surface area (TPSA) is 84.9 Å². The molecule has 1 aromatic carbocycles. The molecule has 98 valence electrons. The third kappa shape index (κ3) is 5.06. The van der Waals surface area contributed by atoms with E-state index >= 15 is 0 Å². The molecule has 1 N–H and O–H groups in total. The molecule has 0 spiro atoms. The molecule has 5 nitrogen and oxygen atoms in total. The Morgan fingerprint density at radius 1 is 1.21 bits per heavy atom. The third-order valence-electron chi connectivity index (χ3n) is 2.01. The predicted octanol–water partition coefficient (Wildman–Crippen LogP) is 3.25. The van der Waals surface area contributed by atoms with E-state index in [2.05, 4.69) is 10.3 Å². The van der Waals surface area contributed by atoms with Crippen molar-refractivity contribution in [3.63, 3.8) is 0 Å². The summed E-state index contributed by atoms with van der Waals surface area (Å²) in [6.45, 7) is 0. The molecular formula is C11H12ClN3O2SY+. The predicted molar refractivity (Wildman–Crippen MR) is 73.5 cm³/mol. The molecule has 0 saturated carbocycles. The summed E-state index contributed by atoms with van der Waals surface area (Å²) in [4.78, 5) is 3.79. The van der Waals surface area contributed by atoms with E-state index in [0.717, 1.165) is 0 Å². The van der Waals surface area contributed by atoms with Gasteiger partial charge in [-0.3, -0.25) is 0 Å². The van der Waals surface area contributed by atoms with Crippen molar-refractivity contribution >= 4 is 32.4 Å². The SMILES string of the molecule is C[N-]C.[NH-]S(=O)(=O)c1cccc2c(Cl)nccc12.[Y+3]. The van der Waals surface area contributed by atoms with Crippen LogP contribution in [0.3, 0.4) is 0 Å². The molecule has 0 aliphatic carbocycles. The Balaban J connectivity index is 0.000000742. The van der Waals surface area contributed by atoms with Crippen molar-refractivity contribution in [3.8, 4) is 0 Å². The summed E-state index contributed by atoms with van der Waals surface area (Å²) in [5.74, 6) is 0. The maximum Gasteiger partial charge on any atom is 3.00 e. The molecule has 0 bridgehead atoms. The van der Waals surface area contributed by atoms with Crippen LogP contribution in [0.25, 0.3) is 21.2 Å². The summed E-state index contributed by atoms with van der Waals surface area (Å²) in [6.07, 6.45) is 1.42. The molecule has 1 aromatic heterocycles. The molecular weight excluding hydrogens is 363 g/mol. The number of nitrogens with zero attached hydrogens (tertiary/aromatic N) is 2. The molecule has 0 fully saturated rings. The van der Waals surface area contributed by atoms with Crippen LogP contribution in [-0.2, 0) is 42.7 Å². The third-order valence-corrected chi connectivity index (χ3v) is 3.24. The average molecular weight is 375 g/mol. The number of rotatable bonds is 1. The van der Waals surface area contributed by atoms with Crippen LogP contribution in [0.2, 0.25) is 5.15 Å². The van der Waals surface area contributed by atoms with Gasteiger partial charge in [-0.25, -0.2) is 13.4 Å². The molecule has 0 atom stereocenters. The number of sulfonamides is 1. The van der Waals surface area contributed by atoms with Gasteiger partial charge in [-0.05, 0) is 12.1 Å². The first-order valence-electron chi connectivity index (χ1n) is 4.92. The zero-order valence-corrected chi connectivity index (χ0v) is 14.9. The summed E-state index contributed by atoms with van der Waals surface area (Å²) >= 11 is 5.81. The summed E-state index contributed by atoms with van der Waals surface area (Å²) < 4.78 is 22.3. The Kier molecular flexibility index (Phi) is 8.19. The van der Waals surface area contributed by atoms with E-state index in [1.165, 1.54) is 24.4 Å². The van der Waals surface area contributed by atoms with E-state index in [4.69, 9.17) is 16.7 Å². The number of benzene rings is 1. The molecule has 0 aliphatic heterocycles. The standard InChI is InChI=1S/C9H6ClN2O2S.C2H6N.Y/c10-9-7-2-1-3-8(15(11,13)14)6(7)4-5-12-9;1-3-2;/h1-5H,(H-,11,13,14);1-2H3;/q2*-1;+3. The van der Waals surface area contributed by atoms with Gasteiger partial charge >= 0.3 is 32.7 Å². The Labute approximate surface area is 142 Å². The summed E-state index contributed by atoms with van der Waals surface area (Å²) in [7, 11) is -0.483. The van der Waals surface area contributed by atoms with Gasteiger partial charge in [-0.2, -0.15) is 14.1 Å². The maximum atomic E-state index is 11.2. The Hall–Kier alpha value is -0.106. The number of hydrogen-bond acceptors (Lipinski definition) is 3. The summed E-state index contributed by atoms with van der Waals surface area (Å²) in [6, 6.07) is 6.11. The Bertz CT molecular complexity index is 649. The molecule has 19 heavy (non-hydrogen) atoms. The molecule has 0 radical (unpaired) electrons. The van der Waals surface area contributed by atoms with Crippen molar-refractivity contribution < 1.29 is 41.1 Å². The number of fused-ring (bicyclic) bond motifs is 1. The van der Waals surface area contributed by atoms with Crippen molar-refractivity contribution in [2.75, 3.05) is 14.1 Å². The van der Waals surface area contributed by atoms with Crippen molar-refractivity contribution in [2.45, 2.75) is 4.90 Å². The molecule has 2 aromatic rings. The fraction of sp³-hybridized carbons (Fsp3) is 0.182. The van der Waals surface area contributed by atoms with Crippen LogP contribution in [0, 0.1) is 0 Å². The molecule has 8 heteroatoms. The van der Waals surface area contributed by atoms with Crippen LogP contribution in [0.5, 0.6) is 0 Å². The second kappa shape index (κ2) is 8.24. The second-order valence-electron chi connectivity index (χ2n) is 3.40. The largest absolute Gasteiger partial charge is 3.00 e. The minimum Gasteiger partial charge on any atom is -0.668 e. The van der Waals surface area contributed by atoms with Crippen molar-refractivity contribution in [1.82, 2.24) is 4.98 Å². The van der Waals surface area contributed by atoms with Crippen LogP contribution in [0.4, 0.5) is 0 Å². The monoisotopic (exact) mass is 374 g/mol. The minimum absolute atomic E-state index is 0. The zero-order chi connectivity index (χ0) is 13.8. The summed E-state index contributed by atoms with van der Waals surface area (Å²) in [5.41, 5.74) is 0. The molecule has 0 saturated heterocycles. The van der Waals surface area contributed by atoms with Crippen molar-refractivity contribution in [1.29, 1.82) is 0 Å². The number of halogens is 1. The zero-order valence-electron chi connectivity index (χ0n) is 10.5. The van der Waals surface area contributed by atoms with E-state index in [-0.39, 0.29) is 42.8 Å². The molecule has 0 amide bonds. The van der Waals surface area contributed by atoms with E-state index in [1.807, 2.05) is 0 Å². The van der Waals surface area contributed by atoms with Gasteiger partial charge in [0.05, 0.1) is 14.9 Å². The number of hydrogen-bond donors (Lipinski definition) is 0. The van der Waals surface area contributed by atoms with Crippen LogP contribution in [-0.4, -0.2) is 27.5 Å². The van der Waals surface area contributed by atoms with Gasteiger partial charge in [0.2, 0.25) is 0 Å². The van der Waals surface area contributed by atoms with Crippen molar-refractivity contribution in [3.05, 3.63) is 46.1 Å². The van der Waals surface area contributed by atoms with Crippen LogP contribution < -0.4 is 0 Å². The van der Waals surface area contributed by atoms with Gasteiger partial charge < -0.3 is 10.5 Å². The minimum atomic E-state index is -3.98. The van der Waals surface area contributed by atoms with E-state index in [9.17, 15) is 8.42 Å². The Morgan fingerprint density at radius 2 is 1.79 bits per heavy atom. The number of nitrogens with one attached hydrogen (secondary N) is 1. The van der Waals surface area contributed by atoms with Gasteiger partial charge in [0.15, 0.2) is 0 Å². The fourth-order valence-electron chi connectivity index (χ4n) is 1.38. The molecule has 2 rings (SSSR count). The van der Waals surface area contributed by atoms with Gasteiger partial charge in [0.25, 0.3) is 0 Å². The summed E-state index contributed by atoms with van der Waals surface area (Å²) in [5, 5.41) is 11.7. The second-order valence-corrected chi connectivity index (χ2v) is 5.21. The van der Waals surface area contributed by atoms with Gasteiger partial charge in [0, 0.05) is 17.0 Å². The molecule has 1 heterocycles. The quantitative estimate of drug-likeness (QED) is 0.718. The number of pyridine rings is 1. The van der Waals surface area contributed by atoms with Crippen LogP contribution >= 0.6 is 11.6 Å². The molecule has 0 unspecified atom stereocenters. The fourth-order valence-corrected chi connectivity index (χ4v) is 2.32. The molecule has 0 aliphatic rings. The van der Waals surface area contributed by atoms with Gasteiger partial charge in [-0.1, -0.05) is 23.7 Å². The van der Waals surface area contributed by atoms with Crippen molar-refractivity contribution in [2.24, 2.45) is 0 Å². The van der Waals surface area contributed by atoms with E-state index in [0.29, 0.717) is 10.8 Å². The Morgan fingerprint density at radius 3 is 2.32 bits per heavy atom. The van der Waals surface area contributed by atoms with E-state index in [1.54, 1.807) is 20.2 Å². The smallest absolute Gasteiger partial charge is 0.668 e. The maximum absolute atomic E-state index is 11.2. The van der Waals surface area contributed by atoms with Gasteiger partial charge in [0.1, 0.15) is 5.15 Å². The first kappa shape index (κ1) is 18.9. The van der Waals surface area contributed by atoms with Crippen LogP contribution in [0.1, 0.15) is 0 Å². The average Bonchev–Trinajstić information content (AvgIpc) is 2.29. The number of aromatic nitrogens is 1. The normalized spacial score (nSPS) is 10.3. The van der Waals surface area contributed by atoms with E-state index < -0.39 is 10.0 Å². The van der Waals surface area contributed by atoms with Crippen LogP contribution in [0.15, 0.2) is 35.4 Å².